The zero-order chi connectivity index (χ0) is 16.5. The molecule has 0 atom stereocenters. The number of hydrogen-bond acceptors (Lipinski definition) is 3. The Kier molecular flexibility index (Phi) is 7.44. The smallest absolute Gasteiger partial charge is 0.0429 e. The van der Waals surface area contributed by atoms with E-state index in [1.165, 1.54) is 24.6 Å². The molecule has 22 heavy (non-hydrogen) atoms. The maximum atomic E-state index is 7.13. The Labute approximate surface area is 134 Å². The highest BCUT2D eigenvalue weighted by atomic mass is 14.9. The summed E-state index contributed by atoms with van der Waals surface area (Å²) < 4.78 is 0. The van der Waals surface area contributed by atoms with E-state index in [2.05, 4.69) is 50.0 Å². The maximum Gasteiger partial charge on any atom is 0.0429 e. The van der Waals surface area contributed by atoms with E-state index in [0.29, 0.717) is 24.1 Å². The van der Waals surface area contributed by atoms with Gasteiger partial charge in [0.1, 0.15) is 0 Å². The number of nitrogens with one attached hydrogen (secondary N) is 2. The summed E-state index contributed by atoms with van der Waals surface area (Å²) in [5.74, 6) is 1.32. The molecular formula is C19H29N3. The van der Waals surface area contributed by atoms with Crippen molar-refractivity contribution in [1.29, 1.82) is 5.41 Å². The molecule has 0 saturated heterocycles. The summed E-state index contributed by atoms with van der Waals surface area (Å²) in [6, 6.07) is 10.5. The Balaban J connectivity index is 0.000000235. The van der Waals surface area contributed by atoms with Gasteiger partial charge in [-0.15, -0.1) is 0 Å². The SMILES string of the molecule is C=C(NC/C(C=N)=C(\C)N)C1CC1.CC(C)c1ccccc1. The minimum atomic E-state index is 0.626. The van der Waals surface area contributed by atoms with Gasteiger partial charge in [-0.3, -0.25) is 0 Å². The lowest BCUT2D eigenvalue weighted by Crippen LogP contribution is -2.19. The number of benzene rings is 1. The first kappa shape index (κ1) is 18.0. The van der Waals surface area contributed by atoms with E-state index in [-0.39, 0.29) is 0 Å². The van der Waals surface area contributed by atoms with Crippen molar-refractivity contribution >= 4 is 6.21 Å². The molecule has 0 amide bonds. The molecule has 1 fully saturated rings. The molecule has 0 bridgehead atoms. The topological polar surface area (TPSA) is 61.9 Å². The molecule has 0 aromatic heterocycles. The molecule has 1 saturated carbocycles. The second-order valence-electron chi connectivity index (χ2n) is 6.07. The normalized spacial score (nSPS) is 14.5. The van der Waals surface area contributed by atoms with E-state index in [1.54, 1.807) is 0 Å². The maximum absolute atomic E-state index is 7.13. The van der Waals surface area contributed by atoms with Crippen LogP contribution in [-0.2, 0) is 0 Å². The van der Waals surface area contributed by atoms with E-state index < -0.39 is 0 Å². The molecule has 3 heteroatoms. The first-order chi connectivity index (χ1) is 10.5. The Morgan fingerprint density at radius 1 is 1.36 bits per heavy atom. The molecule has 120 valence electrons. The van der Waals surface area contributed by atoms with Crippen LogP contribution in [0.1, 0.15) is 45.1 Å². The lowest BCUT2D eigenvalue weighted by atomic mass is 10.0. The molecule has 1 aromatic carbocycles. The van der Waals surface area contributed by atoms with Crippen molar-refractivity contribution in [2.45, 2.75) is 39.5 Å². The molecule has 0 heterocycles. The predicted octanol–water partition coefficient (Wildman–Crippen LogP) is 4.19. The summed E-state index contributed by atoms with van der Waals surface area (Å²) >= 11 is 0. The molecule has 1 aliphatic carbocycles. The van der Waals surface area contributed by atoms with Gasteiger partial charge in [0, 0.05) is 29.7 Å². The van der Waals surface area contributed by atoms with Crippen molar-refractivity contribution in [2.75, 3.05) is 6.54 Å². The first-order valence-corrected chi connectivity index (χ1v) is 7.89. The van der Waals surface area contributed by atoms with Gasteiger partial charge in [0.15, 0.2) is 0 Å². The van der Waals surface area contributed by atoms with Gasteiger partial charge in [0.25, 0.3) is 0 Å². The number of hydrogen-bond donors (Lipinski definition) is 3. The summed E-state index contributed by atoms with van der Waals surface area (Å²) in [5.41, 5.74) is 9.62. The van der Waals surface area contributed by atoms with Gasteiger partial charge >= 0.3 is 0 Å². The summed E-state index contributed by atoms with van der Waals surface area (Å²) in [6.07, 6.45) is 3.79. The van der Waals surface area contributed by atoms with E-state index in [4.69, 9.17) is 11.1 Å². The summed E-state index contributed by atoms with van der Waals surface area (Å²) in [5, 5.41) is 10.3. The zero-order valence-electron chi connectivity index (χ0n) is 14.0. The number of nitrogens with two attached hydrogens (primary N) is 1. The minimum Gasteiger partial charge on any atom is -0.402 e. The van der Waals surface area contributed by atoms with Crippen LogP contribution in [0.15, 0.2) is 53.9 Å². The highest BCUT2D eigenvalue weighted by Gasteiger charge is 2.24. The van der Waals surface area contributed by atoms with Crippen LogP contribution in [0.4, 0.5) is 0 Å². The molecule has 2 rings (SSSR count). The van der Waals surface area contributed by atoms with Gasteiger partial charge in [-0.2, -0.15) is 0 Å². The van der Waals surface area contributed by atoms with Crippen LogP contribution in [0.3, 0.4) is 0 Å². The average Bonchev–Trinajstić information content (AvgIpc) is 3.33. The second kappa shape index (κ2) is 9.08. The Morgan fingerprint density at radius 2 is 1.95 bits per heavy atom. The van der Waals surface area contributed by atoms with Gasteiger partial charge in [0.05, 0.1) is 0 Å². The van der Waals surface area contributed by atoms with Crippen molar-refractivity contribution in [3.63, 3.8) is 0 Å². The first-order valence-electron chi connectivity index (χ1n) is 7.89. The fraction of sp³-hybridized carbons (Fsp3) is 0.421. The molecule has 0 spiro atoms. The van der Waals surface area contributed by atoms with Crippen molar-refractivity contribution in [2.24, 2.45) is 11.7 Å². The summed E-state index contributed by atoms with van der Waals surface area (Å²) in [7, 11) is 0. The van der Waals surface area contributed by atoms with Gasteiger partial charge in [0.2, 0.25) is 0 Å². The van der Waals surface area contributed by atoms with Crippen LogP contribution in [0.5, 0.6) is 0 Å². The second-order valence-corrected chi connectivity index (χ2v) is 6.07. The van der Waals surface area contributed by atoms with Crippen molar-refractivity contribution < 1.29 is 0 Å². The van der Waals surface area contributed by atoms with Gasteiger partial charge < -0.3 is 16.5 Å². The number of allylic oxidation sites excluding steroid dienone is 2. The van der Waals surface area contributed by atoms with E-state index in [1.807, 2.05) is 13.0 Å². The third-order valence-corrected chi connectivity index (χ3v) is 3.72. The lowest BCUT2D eigenvalue weighted by molar-refractivity contribution is 0.796. The molecule has 1 aliphatic rings. The monoisotopic (exact) mass is 299 g/mol. The van der Waals surface area contributed by atoms with Crippen molar-refractivity contribution in [3.05, 3.63) is 59.4 Å². The molecule has 3 nitrogen and oxygen atoms in total. The quantitative estimate of drug-likeness (QED) is 0.690. The molecular weight excluding hydrogens is 270 g/mol. The fourth-order valence-corrected chi connectivity index (χ4v) is 1.93. The highest BCUT2D eigenvalue weighted by Crippen LogP contribution is 2.33. The summed E-state index contributed by atoms with van der Waals surface area (Å²) in [4.78, 5) is 0. The van der Waals surface area contributed by atoms with Crippen molar-refractivity contribution in [3.8, 4) is 0 Å². The fourth-order valence-electron chi connectivity index (χ4n) is 1.93. The lowest BCUT2D eigenvalue weighted by Gasteiger charge is -2.09. The molecule has 1 aromatic rings. The van der Waals surface area contributed by atoms with E-state index >= 15 is 0 Å². The van der Waals surface area contributed by atoms with Crippen LogP contribution < -0.4 is 11.1 Å². The van der Waals surface area contributed by atoms with Gasteiger partial charge in [-0.1, -0.05) is 50.8 Å². The molecule has 0 radical (unpaired) electrons. The van der Waals surface area contributed by atoms with Crippen LogP contribution >= 0.6 is 0 Å². The van der Waals surface area contributed by atoms with E-state index in [9.17, 15) is 0 Å². The van der Waals surface area contributed by atoms with Crippen LogP contribution in [0.25, 0.3) is 0 Å². The Bertz CT molecular complexity index is 507. The van der Waals surface area contributed by atoms with Crippen LogP contribution in [0, 0.1) is 11.3 Å². The molecule has 0 unspecified atom stereocenters. The Morgan fingerprint density at radius 3 is 2.32 bits per heavy atom. The zero-order valence-corrected chi connectivity index (χ0v) is 14.0. The largest absolute Gasteiger partial charge is 0.402 e. The van der Waals surface area contributed by atoms with Crippen LogP contribution in [0.2, 0.25) is 0 Å². The van der Waals surface area contributed by atoms with Crippen LogP contribution in [-0.4, -0.2) is 12.8 Å². The average molecular weight is 299 g/mol. The third-order valence-electron chi connectivity index (χ3n) is 3.72. The molecule has 4 N–H and O–H groups in total. The van der Waals surface area contributed by atoms with Gasteiger partial charge in [-0.25, -0.2) is 0 Å². The van der Waals surface area contributed by atoms with E-state index in [0.717, 1.165) is 11.3 Å². The van der Waals surface area contributed by atoms with Crippen molar-refractivity contribution in [1.82, 2.24) is 5.32 Å². The third kappa shape index (κ3) is 6.61. The highest BCUT2D eigenvalue weighted by molar-refractivity contribution is 5.77. The Hall–Kier alpha value is -2.03. The van der Waals surface area contributed by atoms with Gasteiger partial charge in [-0.05, 0) is 37.2 Å². The predicted molar refractivity (Wildman–Crippen MR) is 96.1 cm³/mol. The molecule has 0 aliphatic heterocycles. The summed E-state index contributed by atoms with van der Waals surface area (Å²) in [6.45, 7) is 10.8. The number of rotatable bonds is 6. The minimum absolute atomic E-state index is 0.626. The standard InChI is InChI=1S/C10H17N3.C9H12/c1-7(12)10(5-11)6-13-8(2)9-3-4-9;1-8(2)9-6-4-3-5-7-9/h5,9,11,13H,2-4,6,12H2,1H3;3-8H,1-2H3/b10-7+,11-5?;.